The molecule has 0 aliphatic carbocycles. The van der Waals surface area contributed by atoms with Crippen LogP contribution in [0.1, 0.15) is 46.8 Å². The zero-order chi connectivity index (χ0) is 17.7. The zero-order valence-electron chi connectivity index (χ0n) is 13.9. The first kappa shape index (κ1) is 18.0. The highest BCUT2D eigenvalue weighted by atomic mass is 32.1. The quantitative estimate of drug-likeness (QED) is 0.801. The molecule has 2 aromatic rings. The van der Waals surface area contributed by atoms with Gasteiger partial charge in [0.1, 0.15) is 10.6 Å². The monoisotopic (exact) mass is 347 g/mol. The van der Waals surface area contributed by atoms with Crippen LogP contribution in [0.4, 0.5) is 0 Å². The molecule has 0 bridgehead atoms. The smallest absolute Gasteiger partial charge is 0.345 e. The Balaban J connectivity index is 1.89. The minimum atomic E-state index is -0.959. The normalized spacial score (nSPS) is 12.0. The molecule has 1 amide bonds. The van der Waals surface area contributed by atoms with Gasteiger partial charge in [-0.1, -0.05) is 26.0 Å². The molecule has 24 heavy (non-hydrogen) atoms. The number of rotatable bonds is 7. The Labute approximate surface area is 145 Å². The maximum atomic E-state index is 12.1. The molecule has 5 nitrogen and oxygen atoms in total. The molecule has 2 rings (SSSR count). The Morgan fingerprint density at radius 1 is 1.21 bits per heavy atom. The van der Waals surface area contributed by atoms with E-state index in [1.807, 2.05) is 24.3 Å². The van der Waals surface area contributed by atoms with Crippen molar-refractivity contribution >= 4 is 23.2 Å². The van der Waals surface area contributed by atoms with Crippen molar-refractivity contribution in [3.05, 3.63) is 51.7 Å². The van der Waals surface area contributed by atoms with Crippen molar-refractivity contribution in [3.8, 4) is 5.75 Å². The van der Waals surface area contributed by atoms with Gasteiger partial charge in [0.15, 0.2) is 6.10 Å². The van der Waals surface area contributed by atoms with Crippen LogP contribution < -0.4 is 10.1 Å². The SMILES string of the molecule is CC(Oc1cccc(C(C)C)c1)C(=O)NCc1ccc(C(=O)O)s1. The number of benzene rings is 1. The van der Waals surface area contributed by atoms with Gasteiger partial charge >= 0.3 is 5.97 Å². The van der Waals surface area contributed by atoms with E-state index in [0.717, 1.165) is 21.8 Å². The fraction of sp³-hybridized carbons (Fsp3) is 0.333. The average molecular weight is 347 g/mol. The second kappa shape index (κ2) is 7.97. The third-order valence-electron chi connectivity index (χ3n) is 3.52. The minimum absolute atomic E-state index is 0.241. The van der Waals surface area contributed by atoms with E-state index in [0.29, 0.717) is 11.7 Å². The van der Waals surface area contributed by atoms with Crippen LogP contribution in [0.25, 0.3) is 0 Å². The molecule has 2 N–H and O–H groups in total. The van der Waals surface area contributed by atoms with Gasteiger partial charge in [-0.2, -0.15) is 0 Å². The molecule has 6 heteroatoms. The molecule has 1 heterocycles. The predicted octanol–water partition coefficient (Wildman–Crippen LogP) is 3.65. The molecular weight excluding hydrogens is 326 g/mol. The summed E-state index contributed by atoms with van der Waals surface area (Å²) in [5.74, 6) is -0.150. The molecule has 0 radical (unpaired) electrons. The molecule has 128 valence electrons. The van der Waals surface area contributed by atoms with Gasteiger partial charge in [-0.05, 0) is 42.7 Å². The molecule has 1 unspecified atom stereocenters. The fourth-order valence-corrected chi connectivity index (χ4v) is 2.90. The van der Waals surface area contributed by atoms with E-state index in [4.69, 9.17) is 9.84 Å². The van der Waals surface area contributed by atoms with Gasteiger partial charge in [0.25, 0.3) is 5.91 Å². The number of carbonyl (C=O) groups excluding carboxylic acids is 1. The third kappa shape index (κ3) is 4.83. The summed E-state index contributed by atoms with van der Waals surface area (Å²) in [6.45, 7) is 6.17. The Kier molecular flexibility index (Phi) is 5.98. The molecule has 0 aliphatic rings. The summed E-state index contributed by atoms with van der Waals surface area (Å²) < 4.78 is 5.70. The molecule has 1 aromatic heterocycles. The molecule has 1 aromatic carbocycles. The van der Waals surface area contributed by atoms with Crippen LogP contribution in [0, 0.1) is 0 Å². The van der Waals surface area contributed by atoms with Gasteiger partial charge in [-0.25, -0.2) is 4.79 Å². The summed E-state index contributed by atoms with van der Waals surface area (Å²) in [5, 5.41) is 11.7. The van der Waals surface area contributed by atoms with E-state index in [1.165, 1.54) is 6.07 Å². The lowest BCUT2D eigenvalue weighted by atomic mass is 10.0. The number of hydrogen-bond acceptors (Lipinski definition) is 4. The number of nitrogens with one attached hydrogen (secondary N) is 1. The van der Waals surface area contributed by atoms with Crippen molar-refractivity contribution in [2.75, 3.05) is 0 Å². The number of aromatic carboxylic acids is 1. The van der Waals surface area contributed by atoms with Crippen LogP contribution in [0.15, 0.2) is 36.4 Å². The van der Waals surface area contributed by atoms with Gasteiger partial charge < -0.3 is 15.2 Å². The number of carboxylic acid groups (broad SMARTS) is 1. The van der Waals surface area contributed by atoms with E-state index in [1.54, 1.807) is 13.0 Å². The number of carboxylic acids is 1. The summed E-state index contributed by atoms with van der Waals surface area (Å²) >= 11 is 1.15. The second-order valence-corrected chi connectivity index (χ2v) is 6.94. The van der Waals surface area contributed by atoms with E-state index in [-0.39, 0.29) is 17.3 Å². The molecule has 1 atom stereocenters. The highest BCUT2D eigenvalue weighted by Crippen LogP contribution is 2.21. The number of thiophene rings is 1. The van der Waals surface area contributed by atoms with Gasteiger partial charge in [0, 0.05) is 4.88 Å². The predicted molar refractivity (Wildman–Crippen MR) is 93.7 cm³/mol. The molecule has 0 fully saturated rings. The van der Waals surface area contributed by atoms with E-state index in [9.17, 15) is 9.59 Å². The minimum Gasteiger partial charge on any atom is -0.481 e. The van der Waals surface area contributed by atoms with Crippen molar-refractivity contribution in [2.45, 2.75) is 39.3 Å². The fourth-order valence-electron chi connectivity index (χ4n) is 2.11. The van der Waals surface area contributed by atoms with Crippen molar-refractivity contribution in [2.24, 2.45) is 0 Å². The van der Waals surface area contributed by atoms with E-state index < -0.39 is 12.1 Å². The highest BCUT2D eigenvalue weighted by molar-refractivity contribution is 7.13. The number of amides is 1. The van der Waals surface area contributed by atoms with Crippen LogP contribution in [0.3, 0.4) is 0 Å². The average Bonchev–Trinajstić information content (AvgIpc) is 3.02. The number of ether oxygens (including phenoxy) is 1. The van der Waals surface area contributed by atoms with Crippen molar-refractivity contribution in [1.82, 2.24) is 5.32 Å². The number of hydrogen-bond donors (Lipinski definition) is 2. The zero-order valence-corrected chi connectivity index (χ0v) is 14.7. The van der Waals surface area contributed by atoms with Crippen molar-refractivity contribution in [3.63, 3.8) is 0 Å². The topological polar surface area (TPSA) is 75.6 Å². The maximum absolute atomic E-state index is 12.1. The maximum Gasteiger partial charge on any atom is 0.345 e. The molecule has 0 spiro atoms. The molecular formula is C18H21NO4S. The lowest BCUT2D eigenvalue weighted by molar-refractivity contribution is -0.127. The highest BCUT2D eigenvalue weighted by Gasteiger charge is 2.15. The molecule has 0 aliphatic heterocycles. The van der Waals surface area contributed by atoms with Crippen LogP contribution in [-0.4, -0.2) is 23.1 Å². The lowest BCUT2D eigenvalue weighted by Gasteiger charge is -2.15. The van der Waals surface area contributed by atoms with Crippen molar-refractivity contribution in [1.29, 1.82) is 0 Å². The first-order valence-electron chi connectivity index (χ1n) is 7.73. The Hall–Kier alpha value is -2.34. The summed E-state index contributed by atoms with van der Waals surface area (Å²) in [7, 11) is 0. The summed E-state index contributed by atoms with van der Waals surface area (Å²) in [6, 6.07) is 10.9. The number of carbonyl (C=O) groups is 2. The Morgan fingerprint density at radius 2 is 1.96 bits per heavy atom. The van der Waals surface area contributed by atoms with Crippen LogP contribution in [-0.2, 0) is 11.3 Å². The first-order chi connectivity index (χ1) is 11.4. The third-order valence-corrected chi connectivity index (χ3v) is 4.59. The Morgan fingerprint density at radius 3 is 2.58 bits per heavy atom. The molecule has 0 saturated heterocycles. The first-order valence-corrected chi connectivity index (χ1v) is 8.54. The molecule has 0 saturated carbocycles. The largest absolute Gasteiger partial charge is 0.481 e. The van der Waals surface area contributed by atoms with Crippen LogP contribution >= 0.6 is 11.3 Å². The van der Waals surface area contributed by atoms with Gasteiger partial charge in [-0.15, -0.1) is 11.3 Å². The second-order valence-electron chi connectivity index (χ2n) is 5.78. The van der Waals surface area contributed by atoms with Crippen LogP contribution in [0.5, 0.6) is 5.75 Å². The van der Waals surface area contributed by atoms with Crippen LogP contribution in [0.2, 0.25) is 0 Å². The van der Waals surface area contributed by atoms with Gasteiger partial charge in [0.2, 0.25) is 0 Å². The van der Waals surface area contributed by atoms with Crippen molar-refractivity contribution < 1.29 is 19.4 Å². The lowest BCUT2D eigenvalue weighted by Crippen LogP contribution is -2.35. The van der Waals surface area contributed by atoms with Gasteiger partial charge in [-0.3, -0.25) is 4.79 Å². The Bertz CT molecular complexity index is 723. The summed E-state index contributed by atoms with van der Waals surface area (Å²) in [5.41, 5.74) is 1.15. The van der Waals surface area contributed by atoms with Gasteiger partial charge in [0.05, 0.1) is 6.54 Å². The van der Waals surface area contributed by atoms with E-state index in [2.05, 4.69) is 19.2 Å². The summed E-state index contributed by atoms with van der Waals surface area (Å²) in [6.07, 6.45) is -0.633. The standard InChI is InChI=1S/C18H21NO4S/c1-11(2)13-5-4-6-14(9-13)23-12(3)17(20)19-10-15-7-8-16(24-15)18(21)22/h4-9,11-12H,10H2,1-3H3,(H,19,20)(H,21,22). The van der Waals surface area contributed by atoms with E-state index >= 15 is 0 Å². The summed E-state index contributed by atoms with van der Waals surface area (Å²) in [4.78, 5) is 24.0.